The number of carbonyl (C=O) groups is 1. The van der Waals surface area contributed by atoms with Crippen molar-refractivity contribution in [3.63, 3.8) is 0 Å². The van der Waals surface area contributed by atoms with Crippen LogP contribution in [0.1, 0.15) is 31.6 Å². The van der Waals surface area contributed by atoms with E-state index in [2.05, 4.69) is 5.32 Å². The van der Waals surface area contributed by atoms with E-state index in [1.165, 1.54) is 0 Å². The maximum Gasteiger partial charge on any atom is 0.240 e. The molecule has 3 nitrogen and oxygen atoms in total. The van der Waals surface area contributed by atoms with Crippen molar-refractivity contribution in [3.05, 3.63) is 22.4 Å². The van der Waals surface area contributed by atoms with Gasteiger partial charge in [0, 0.05) is 4.88 Å². The maximum absolute atomic E-state index is 11.7. The third-order valence-electron chi connectivity index (χ3n) is 2.29. The lowest BCUT2D eigenvalue weighted by Gasteiger charge is -2.22. The fourth-order valence-electron chi connectivity index (χ4n) is 1.42. The first-order chi connectivity index (χ1) is 7.06. The predicted molar refractivity (Wildman–Crippen MR) is 63.7 cm³/mol. The smallest absolute Gasteiger partial charge is 0.240 e. The van der Waals surface area contributed by atoms with E-state index in [4.69, 9.17) is 5.73 Å². The highest BCUT2D eigenvalue weighted by Gasteiger charge is 2.26. The second-order valence-corrected chi connectivity index (χ2v) is 4.96. The van der Waals surface area contributed by atoms with Crippen molar-refractivity contribution in [2.75, 3.05) is 0 Å². The van der Waals surface area contributed by atoms with Crippen molar-refractivity contribution in [1.82, 2.24) is 5.32 Å². The lowest BCUT2D eigenvalue weighted by atomic mass is 9.96. The van der Waals surface area contributed by atoms with E-state index in [1.807, 2.05) is 24.4 Å². The number of rotatable bonds is 5. The molecule has 1 heterocycles. The molecule has 4 heteroatoms. The highest BCUT2D eigenvalue weighted by atomic mass is 32.1. The van der Waals surface area contributed by atoms with Crippen LogP contribution in [0.4, 0.5) is 0 Å². The number of nitrogens with one attached hydrogen (secondary N) is 1. The molecule has 0 saturated carbocycles. The van der Waals surface area contributed by atoms with Gasteiger partial charge in [-0.15, -0.1) is 11.3 Å². The van der Waals surface area contributed by atoms with Crippen LogP contribution in [0, 0.1) is 0 Å². The first-order valence-corrected chi connectivity index (χ1v) is 6.04. The number of carbonyl (C=O) groups excluding carboxylic acids is 1. The summed E-state index contributed by atoms with van der Waals surface area (Å²) < 4.78 is 0. The van der Waals surface area contributed by atoms with Crippen molar-refractivity contribution >= 4 is 17.2 Å². The van der Waals surface area contributed by atoms with Gasteiger partial charge in [-0.1, -0.05) is 19.4 Å². The Balaban J connectivity index is 2.42. The molecule has 15 heavy (non-hydrogen) atoms. The molecule has 0 radical (unpaired) electrons. The summed E-state index contributed by atoms with van der Waals surface area (Å²) in [6.45, 7) is 4.38. The summed E-state index contributed by atoms with van der Waals surface area (Å²) in [6.07, 6.45) is 1.63. The van der Waals surface area contributed by atoms with Gasteiger partial charge in [0.2, 0.25) is 5.91 Å². The van der Waals surface area contributed by atoms with Crippen molar-refractivity contribution in [2.24, 2.45) is 5.73 Å². The Morgan fingerprint density at radius 2 is 2.40 bits per heavy atom. The number of amides is 1. The monoisotopic (exact) mass is 226 g/mol. The molecule has 0 aliphatic heterocycles. The largest absolute Gasteiger partial charge is 0.350 e. The van der Waals surface area contributed by atoms with Gasteiger partial charge in [-0.25, -0.2) is 0 Å². The third kappa shape index (κ3) is 3.64. The Kier molecular flexibility index (Phi) is 4.29. The zero-order valence-electron chi connectivity index (χ0n) is 9.25. The van der Waals surface area contributed by atoms with Crippen molar-refractivity contribution in [2.45, 2.75) is 38.8 Å². The van der Waals surface area contributed by atoms with Gasteiger partial charge in [-0.2, -0.15) is 0 Å². The molecule has 84 valence electrons. The Morgan fingerprint density at radius 1 is 1.67 bits per heavy atom. The topological polar surface area (TPSA) is 55.1 Å². The van der Waals surface area contributed by atoms with Crippen LogP contribution in [0.25, 0.3) is 0 Å². The maximum atomic E-state index is 11.7. The molecule has 0 bridgehead atoms. The fraction of sp³-hybridized carbons (Fsp3) is 0.545. The molecule has 0 saturated heterocycles. The highest BCUT2D eigenvalue weighted by Crippen LogP contribution is 2.11. The van der Waals surface area contributed by atoms with E-state index in [1.54, 1.807) is 18.3 Å². The van der Waals surface area contributed by atoms with Crippen molar-refractivity contribution in [3.8, 4) is 0 Å². The Bertz CT molecular complexity index is 306. The normalized spacial score (nSPS) is 14.6. The third-order valence-corrected chi connectivity index (χ3v) is 3.17. The van der Waals surface area contributed by atoms with E-state index in [-0.39, 0.29) is 5.91 Å². The van der Waals surface area contributed by atoms with Crippen LogP contribution < -0.4 is 11.1 Å². The van der Waals surface area contributed by atoms with E-state index in [0.29, 0.717) is 13.0 Å². The first-order valence-electron chi connectivity index (χ1n) is 5.16. The molecule has 0 aromatic carbocycles. The zero-order chi connectivity index (χ0) is 11.3. The summed E-state index contributed by atoms with van der Waals surface area (Å²) in [5, 5.41) is 4.85. The predicted octanol–water partition coefficient (Wildman–Crippen LogP) is 1.88. The Labute approximate surface area is 94.7 Å². The van der Waals surface area contributed by atoms with Gasteiger partial charge in [0.25, 0.3) is 0 Å². The molecular weight excluding hydrogens is 208 g/mol. The molecule has 1 amide bonds. The Hall–Kier alpha value is -0.870. The van der Waals surface area contributed by atoms with Gasteiger partial charge in [0.05, 0.1) is 12.1 Å². The summed E-state index contributed by atoms with van der Waals surface area (Å²) in [5.41, 5.74) is 5.16. The SMILES string of the molecule is CCCC(C)(N)C(=O)NCc1cccs1. The van der Waals surface area contributed by atoms with Crippen LogP contribution in [0.5, 0.6) is 0 Å². The van der Waals surface area contributed by atoms with Gasteiger partial charge in [-0.3, -0.25) is 4.79 Å². The minimum absolute atomic E-state index is 0.0715. The van der Waals surface area contributed by atoms with E-state index in [0.717, 1.165) is 11.3 Å². The molecule has 0 fully saturated rings. The van der Waals surface area contributed by atoms with E-state index < -0.39 is 5.54 Å². The minimum Gasteiger partial charge on any atom is -0.350 e. The quantitative estimate of drug-likeness (QED) is 0.805. The van der Waals surface area contributed by atoms with E-state index >= 15 is 0 Å². The van der Waals surface area contributed by atoms with Crippen LogP contribution in [0.15, 0.2) is 17.5 Å². The number of hydrogen-bond acceptors (Lipinski definition) is 3. The number of thiophene rings is 1. The minimum atomic E-state index is -0.744. The lowest BCUT2D eigenvalue weighted by molar-refractivity contribution is -0.126. The Morgan fingerprint density at radius 3 is 2.93 bits per heavy atom. The van der Waals surface area contributed by atoms with Gasteiger partial charge < -0.3 is 11.1 Å². The second-order valence-electron chi connectivity index (χ2n) is 3.93. The van der Waals surface area contributed by atoms with Crippen molar-refractivity contribution in [1.29, 1.82) is 0 Å². The summed E-state index contributed by atoms with van der Waals surface area (Å²) in [7, 11) is 0. The highest BCUT2D eigenvalue weighted by molar-refractivity contribution is 7.09. The van der Waals surface area contributed by atoms with E-state index in [9.17, 15) is 4.79 Å². The fourth-order valence-corrected chi connectivity index (χ4v) is 2.06. The summed E-state index contributed by atoms with van der Waals surface area (Å²) >= 11 is 1.63. The molecular formula is C11H18N2OS. The molecule has 3 N–H and O–H groups in total. The molecule has 1 unspecified atom stereocenters. The standard InChI is InChI=1S/C11H18N2OS/c1-3-6-11(2,12)10(14)13-8-9-5-4-7-15-9/h4-5,7H,3,6,8,12H2,1-2H3,(H,13,14). The van der Waals surface area contributed by atoms with Crippen LogP contribution >= 0.6 is 11.3 Å². The van der Waals surface area contributed by atoms with Gasteiger partial charge in [0.1, 0.15) is 0 Å². The molecule has 1 aromatic heterocycles. The van der Waals surface area contributed by atoms with Crippen LogP contribution in [0.2, 0.25) is 0 Å². The molecule has 1 atom stereocenters. The molecule has 0 aliphatic rings. The first kappa shape index (κ1) is 12.2. The van der Waals surface area contributed by atoms with Crippen LogP contribution in [-0.2, 0) is 11.3 Å². The van der Waals surface area contributed by atoms with Crippen LogP contribution in [0.3, 0.4) is 0 Å². The second kappa shape index (κ2) is 5.28. The molecule has 1 rings (SSSR count). The molecule has 1 aromatic rings. The molecule has 0 aliphatic carbocycles. The average Bonchev–Trinajstić information content (AvgIpc) is 2.66. The molecule has 0 spiro atoms. The number of hydrogen-bond donors (Lipinski definition) is 2. The zero-order valence-corrected chi connectivity index (χ0v) is 10.1. The lowest BCUT2D eigenvalue weighted by Crippen LogP contribution is -2.51. The van der Waals surface area contributed by atoms with Gasteiger partial charge in [0.15, 0.2) is 0 Å². The summed E-state index contributed by atoms with van der Waals surface area (Å²) in [6, 6.07) is 3.97. The average molecular weight is 226 g/mol. The summed E-state index contributed by atoms with van der Waals surface area (Å²) in [5.74, 6) is -0.0715. The van der Waals surface area contributed by atoms with Gasteiger partial charge >= 0.3 is 0 Å². The van der Waals surface area contributed by atoms with Gasteiger partial charge in [-0.05, 0) is 24.8 Å². The van der Waals surface area contributed by atoms with Crippen molar-refractivity contribution < 1.29 is 4.79 Å². The number of nitrogens with two attached hydrogens (primary N) is 1. The summed E-state index contributed by atoms with van der Waals surface area (Å²) in [4.78, 5) is 12.9. The van der Waals surface area contributed by atoms with Crippen LogP contribution in [-0.4, -0.2) is 11.4 Å².